The van der Waals surface area contributed by atoms with Crippen molar-refractivity contribution in [2.75, 3.05) is 24.2 Å². The molecule has 0 fully saturated rings. The van der Waals surface area contributed by atoms with Crippen LogP contribution in [0.2, 0.25) is 0 Å². The van der Waals surface area contributed by atoms with Crippen molar-refractivity contribution in [1.82, 2.24) is 9.55 Å². The van der Waals surface area contributed by atoms with Gasteiger partial charge in [0.25, 0.3) is 5.69 Å². The molecule has 20 heavy (non-hydrogen) atoms. The molecule has 1 aromatic heterocycles. The average molecular weight is 275 g/mol. The Morgan fingerprint density at radius 3 is 2.95 bits per heavy atom. The lowest BCUT2D eigenvalue weighted by atomic mass is 10.2. The van der Waals surface area contributed by atoms with Crippen LogP contribution in [-0.2, 0) is 6.54 Å². The van der Waals surface area contributed by atoms with E-state index < -0.39 is 4.92 Å². The van der Waals surface area contributed by atoms with Crippen LogP contribution < -0.4 is 10.6 Å². The van der Waals surface area contributed by atoms with Crippen LogP contribution in [0.25, 0.3) is 0 Å². The molecule has 0 aliphatic rings. The lowest BCUT2D eigenvalue weighted by Gasteiger charge is -2.09. The number of hydrogen-bond acceptors (Lipinski definition) is 5. The number of anilines is 2. The highest BCUT2D eigenvalue weighted by Gasteiger charge is 2.12. The Bertz CT molecular complexity index is 568. The summed E-state index contributed by atoms with van der Waals surface area (Å²) in [6.07, 6.45) is 6.40. The number of aryl methyl sites for hydroxylation is 1. The second-order valence-corrected chi connectivity index (χ2v) is 4.32. The molecule has 7 nitrogen and oxygen atoms in total. The molecule has 0 saturated heterocycles. The molecule has 0 spiro atoms. The molecule has 0 aliphatic heterocycles. The maximum Gasteiger partial charge on any atom is 0.292 e. The standard InChI is InChI=1S/C13H17N5O2/c1-14-12-9-11(3-4-13(12)18(19)20)16-5-2-7-17-8-6-15-10-17/h3-4,6,8-10,14,16H,2,5,7H2,1H3. The van der Waals surface area contributed by atoms with Gasteiger partial charge in [-0.3, -0.25) is 10.1 Å². The van der Waals surface area contributed by atoms with Crippen molar-refractivity contribution in [1.29, 1.82) is 0 Å². The Kier molecular flexibility index (Phi) is 4.54. The molecule has 2 rings (SSSR count). The fourth-order valence-corrected chi connectivity index (χ4v) is 1.92. The van der Waals surface area contributed by atoms with Crippen LogP contribution in [0.15, 0.2) is 36.9 Å². The van der Waals surface area contributed by atoms with Crippen molar-refractivity contribution >= 4 is 17.1 Å². The summed E-state index contributed by atoms with van der Waals surface area (Å²) in [5.74, 6) is 0. The lowest BCUT2D eigenvalue weighted by Crippen LogP contribution is -2.06. The second kappa shape index (κ2) is 6.55. The average Bonchev–Trinajstić information content (AvgIpc) is 2.96. The summed E-state index contributed by atoms with van der Waals surface area (Å²) >= 11 is 0. The summed E-state index contributed by atoms with van der Waals surface area (Å²) in [5, 5.41) is 16.9. The van der Waals surface area contributed by atoms with Crippen molar-refractivity contribution < 1.29 is 4.92 Å². The highest BCUT2D eigenvalue weighted by Crippen LogP contribution is 2.27. The van der Waals surface area contributed by atoms with Crippen molar-refractivity contribution in [2.24, 2.45) is 0 Å². The topological polar surface area (TPSA) is 85.0 Å². The normalized spacial score (nSPS) is 10.2. The molecular weight excluding hydrogens is 258 g/mol. The Labute approximate surface area is 116 Å². The maximum absolute atomic E-state index is 10.8. The number of aromatic nitrogens is 2. The minimum absolute atomic E-state index is 0.0801. The summed E-state index contributed by atoms with van der Waals surface area (Å²) in [4.78, 5) is 14.4. The molecule has 0 radical (unpaired) electrons. The molecule has 7 heteroatoms. The maximum atomic E-state index is 10.8. The van der Waals surface area contributed by atoms with Crippen LogP contribution in [0.3, 0.4) is 0 Å². The number of nitro groups is 1. The number of nitro benzene ring substituents is 1. The van der Waals surface area contributed by atoms with Gasteiger partial charge in [-0.05, 0) is 18.6 Å². The number of imidazole rings is 1. The number of rotatable bonds is 7. The first kappa shape index (κ1) is 13.9. The van der Waals surface area contributed by atoms with Crippen LogP contribution in [0.1, 0.15) is 6.42 Å². The van der Waals surface area contributed by atoms with Gasteiger partial charge in [0.1, 0.15) is 5.69 Å². The van der Waals surface area contributed by atoms with E-state index >= 15 is 0 Å². The van der Waals surface area contributed by atoms with Gasteiger partial charge in [0.05, 0.1) is 11.3 Å². The fraction of sp³-hybridized carbons (Fsp3) is 0.308. The van der Waals surface area contributed by atoms with Crippen LogP contribution in [-0.4, -0.2) is 28.1 Å². The summed E-state index contributed by atoms with van der Waals surface area (Å²) in [5.41, 5.74) is 1.46. The molecule has 0 aliphatic carbocycles. The lowest BCUT2D eigenvalue weighted by molar-refractivity contribution is -0.383. The Balaban J connectivity index is 1.88. The van der Waals surface area contributed by atoms with Gasteiger partial charge in [0.15, 0.2) is 0 Å². The second-order valence-electron chi connectivity index (χ2n) is 4.32. The van der Waals surface area contributed by atoms with Crippen LogP contribution in [0.4, 0.5) is 17.1 Å². The molecule has 0 unspecified atom stereocenters. The van der Waals surface area contributed by atoms with Crippen LogP contribution >= 0.6 is 0 Å². The van der Waals surface area contributed by atoms with Crippen molar-refractivity contribution in [3.8, 4) is 0 Å². The quantitative estimate of drug-likeness (QED) is 0.460. The summed E-state index contributed by atoms with van der Waals surface area (Å²) in [6, 6.07) is 4.97. The zero-order chi connectivity index (χ0) is 14.4. The first-order chi connectivity index (χ1) is 9.70. The number of hydrogen-bond donors (Lipinski definition) is 2. The van der Waals surface area contributed by atoms with E-state index in [2.05, 4.69) is 15.6 Å². The highest BCUT2D eigenvalue weighted by molar-refractivity contribution is 5.68. The minimum atomic E-state index is -0.394. The van der Waals surface area contributed by atoms with Crippen molar-refractivity contribution in [3.05, 3.63) is 47.0 Å². The van der Waals surface area contributed by atoms with E-state index in [0.29, 0.717) is 5.69 Å². The Hall–Kier alpha value is -2.57. The number of nitrogens with zero attached hydrogens (tertiary/aromatic N) is 3. The van der Waals surface area contributed by atoms with E-state index in [0.717, 1.165) is 25.2 Å². The van der Waals surface area contributed by atoms with Crippen molar-refractivity contribution in [2.45, 2.75) is 13.0 Å². The van der Waals surface area contributed by atoms with Gasteiger partial charge in [-0.15, -0.1) is 0 Å². The zero-order valence-corrected chi connectivity index (χ0v) is 11.2. The molecule has 0 amide bonds. The molecule has 106 valence electrons. The molecule has 0 bridgehead atoms. The summed E-state index contributed by atoms with van der Waals surface area (Å²) in [7, 11) is 1.67. The molecule has 1 aromatic carbocycles. The molecule has 0 saturated carbocycles. The van der Waals surface area contributed by atoms with Gasteiger partial charge in [-0.1, -0.05) is 0 Å². The number of benzene rings is 1. The molecule has 2 aromatic rings. The Morgan fingerprint density at radius 1 is 1.45 bits per heavy atom. The van der Waals surface area contributed by atoms with E-state index in [9.17, 15) is 10.1 Å². The third kappa shape index (κ3) is 3.47. The third-order valence-electron chi connectivity index (χ3n) is 2.94. The predicted molar refractivity (Wildman–Crippen MR) is 78.0 cm³/mol. The molecule has 0 atom stereocenters. The molecule has 2 N–H and O–H groups in total. The van der Waals surface area contributed by atoms with Gasteiger partial charge >= 0.3 is 0 Å². The molecule has 1 heterocycles. The number of nitrogens with one attached hydrogen (secondary N) is 2. The van der Waals surface area contributed by atoms with Gasteiger partial charge in [-0.2, -0.15) is 0 Å². The van der Waals surface area contributed by atoms with Crippen LogP contribution in [0, 0.1) is 10.1 Å². The van der Waals surface area contributed by atoms with E-state index in [1.165, 1.54) is 6.07 Å². The Morgan fingerprint density at radius 2 is 2.30 bits per heavy atom. The zero-order valence-electron chi connectivity index (χ0n) is 11.2. The van der Waals surface area contributed by atoms with E-state index in [-0.39, 0.29) is 5.69 Å². The minimum Gasteiger partial charge on any atom is -0.385 e. The monoisotopic (exact) mass is 275 g/mol. The van der Waals surface area contributed by atoms with Crippen LogP contribution in [0.5, 0.6) is 0 Å². The van der Waals surface area contributed by atoms with Gasteiger partial charge in [-0.25, -0.2) is 4.98 Å². The van der Waals surface area contributed by atoms with Gasteiger partial charge in [0, 0.05) is 44.3 Å². The summed E-state index contributed by atoms with van der Waals surface area (Å²) in [6.45, 7) is 1.68. The summed E-state index contributed by atoms with van der Waals surface area (Å²) < 4.78 is 2.01. The smallest absolute Gasteiger partial charge is 0.292 e. The van der Waals surface area contributed by atoms with Crippen molar-refractivity contribution in [3.63, 3.8) is 0 Å². The van der Waals surface area contributed by atoms with Gasteiger partial charge in [0.2, 0.25) is 0 Å². The first-order valence-electron chi connectivity index (χ1n) is 6.36. The fourth-order valence-electron chi connectivity index (χ4n) is 1.92. The SMILES string of the molecule is CNc1cc(NCCCn2ccnc2)ccc1[N+](=O)[O-]. The third-order valence-corrected chi connectivity index (χ3v) is 2.94. The van der Waals surface area contributed by atoms with E-state index in [4.69, 9.17) is 0 Å². The van der Waals surface area contributed by atoms with Gasteiger partial charge < -0.3 is 15.2 Å². The largest absolute Gasteiger partial charge is 0.385 e. The van der Waals surface area contributed by atoms with E-state index in [1.54, 1.807) is 31.7 Å². The first-order valence-corrected chi connectivity index (χ1v) is 6.36. The molecular formula is C13H17N5O2. The highest BCUT2D eigenvalue weighted by atomic mass is 16.6. The predicted octanol–water partition coefficient (Wildman–Crippen LogP) is 2.34. The van der Waals surface area contributed by atoms with E-state index in [1.807, 2.05) is 10.8 Å².